The second kappa shape index (κ2) is 3.25. The number of nitrogens with zero attached hydrogens (tertiary/aromatic N) is 2. The van der Waals surface area contributed by atoms with Gasteiger partial charge in [0.2, 0.25) is 0 Å². The lowest BCUT2D eigenvalue weighted by atomic mass is 9.93. The number of halogens is 1. The van der Waals surface area contributed by atoms with Crippen molar-refractivity contribution in [2.45, 2.75) is 26.3 Å². The minimum Gasteiger partial charge on any atom is -0.333 e. The first-order valence-electron chi connectivity index (χ1n) is 4.38. The van der Waals surface area contributed by atoms with E-state index in [1.165, 1.54) is 0 Å². The van der Waals surface area contributed by atoms with Gasteiger partial charge in [0.15, 0.2) is 0 Å². The molecule has 0 spiro atoms. The molecule has 1 unspecified atom stereocenters. The van der Waals surface area contributed by atoms with Crippen molar-refractivity contribution in [3.8, 4) is 0 Å². The van der Waals surface area contributed by atoms with Crippen molar-refractivity contribution in [2.24, 2.45) is 5.92 Å². The van der Waals surface area contributed by atoms with E-state index in [1.807, 2.05) is 6.33 Å². The molecule has 0 saturated heterocycles. The van der Waals surface area contributed by atoms with Crippen LogP contribution < -0.4 is 0 Å². The molecule has 70 valence electrons. The number of ketones is 1. The van der Waals surface area contributed by atoms with Crippen LogP contribution in [0.1, 0.15) is 19.0 Å². The zero-order chi connectivity index (χ0) is 9.42. The van der Waals surface area contributed by atoms with Crippen LogP contribution in [0.4, 0.5) is 0 Å². The summed E-state index contributed by atoms with van der Waals surface area (Å²) in [5.41, 5.74) is 1.16. The third kappa shape index (κ3) is 1.55. The van der Waals surface area contributed by atoms with Gasteiger partial charge in [-0.3, -0.25) is 4.79 Å². The van der Waals surface area contributed by atoms with Crippen LogP contribution in [0.5, 0.6) is 0 Å². The number of aryl methyl sites for hydroxylation is 1. The Morgan fingerprint density at radius 3 is 3.23 bits per heavy atom. The molecule has 0 radical (unpaired) electrons. The molecule has 1 aliphatic heterocycles. The summed E-state index contributed by atoms with van der Waals surface area (Å²) in [6.07, 6.45) is 3.61. The van der Waals surface area contributed by atoms with Crippen molar-refractivity contribution in [2.75, 3.05) is 0 Å². The van der Waals surface area contributed by atoms with Crippen molar-refractivity contribution in [3.63, 3.8) is 0 Å². The van der Waals surface area contributed by atoms with Gasteiger partial charge in [0, 0.05) is 18.9 Å². The van der Waals surface area contributed by atoms with Crippen LogP contribution in [0.15, 0.2) is 10.9 Å². The van der Waals surface area contributed by atoms with Crippen molar-refractivity contribution in [3.05, 3.63) is 16.6 Å². The van der Waals surface area contributed by atoms with E-state index in [4.69, 9.17) is 0 Å². The summed E-state index contributed by atoms with van der Waals surface area (Å²) in [5.74, 6) is 0.486. The predicted octanol–water partition coefficient (Wildman–Crippen LogP) is 1.80. The van der Waals surface area contributed by atoms with E-state index in [9.17, 15) is 4.79 Å². The lowest BCUT2D eigenvalue weighted by Crippen LogP contribution is -2.23. The number of carbonyl (C=O) groups is 1. The zero-order valence-corrected chi connectivity index (χ0v) is 9.04. The van der Waals surface area contributed by atoms with Crippen molar-refractivity contribution < 1.29 is 4.79 Å². The van der Waals surface area contributed by atoms with Gasteiger partial charge in [-0.25, -0.2) is 4.98 Å². The van der Waals surface area contributed by atoms with E-state index in [1.54, 1.807) is 6.92 Å². The van der Waals surface area contributed by atoms with Gasteiger partial charge in [0.05, 0.1) is 12.0 Å². The number of imidazole rings is 1. The Morgan fingerprint density at radius 1 is 1.77 bits per heavy atom. The van der Waals surface area contributed by atoms with E-state index < -0.39 is 0 Å². The second-order valence-corrected chi connectivity index (χ2v) is 4.23. The molecular weight excluding hydrogens is 232 g/mol. The van der Waals surface area contributed by atoms with E-state index in [0.717, 1.165) is 29.7 Å². The topological polar surface area (TPSA) is 34.9 Å². The first-order valence-corrected chi connectivity index (χ1v) is 5.17. The number of Topliss-reactive ketones (excluding diaryl/α,β-unsaturated/α-hetero) is 1. The van der Waals surface area contributed by atoms with E-state index >= 15 is 0 Å². The molecule has 1 aromatic heterocycles. The number of rotatable bonds is 1. The summed E-state index contributed by atoms with van der Waals surface area (Å²) in [5, 5.41) is 0. The molecule has 0 N–H and O–H groups in total. The maximum atomic E-state index is 11.2. The molecule has 2 heterocycles. The molecule has 1 aliphatic rings. The summed E-state index contributed by atoms with van der Waals surface area (Å²) >= 11 is 3.39. The van der Waals surface area contributed by atoms with Crippen LogP contribution in [0.3, 0.4) is 0 Å². The fourth-order valence-electron chi connectivity index (χ4n) is 1.75. The van der Waals surface area contributed by atoms with Crippen LogP contribution in [0, 0.1) is 5.92 Å². The average molecular weight is 243 g/mol. The fraction of sp³-hybridized carbons (Fsp3) is 0.556. The number of hydrogen-bond acceptors (Lipinski definition) is 2. The fourth-order valence-corrected chi connectivity index (χ4v) is 2.24. The van der Waals surface area contributed by atoms with Gasteiger partial charge in [-0.1, -0.05) is 0 Å². The predicted molar refractivity (Wildman–Crippen MR) is 52.4 cm³/mol. The zero-order valence-electron chi connectivity index (χ0n) is 7.46. The Hall–Kier alpha value is -0.640. The van der Waals surface area contributed by atoms with Gasteiger partial charge in [-0.05, 0) is 29.3 Å². The van der Waals surface area contributed by atoms with Gasteiger partial charge >= 0.3 is 0 Å². The molecule has 0 fully saturated rings. The quantitative estimate of drug-likeness (QED) is 0.753. The SMILES string of the molecule is CC(=O)C1CCn2cnc(Br)c2C1. The van der Waals surface area contributed by atoms with Gasteiger partial charge in [-0.15, -0.1) is 0 Å². The number of aromatic nitrogens is 2. The van der Waals surface area contributed by atoms with Crippen molar-refractivity contribution in [1.29, 1.82) is 0 Å². The Balaban J connectivity index is 2.27. The molecule has 1 atom stereocenters. The minimum absolute atomic E-state index is 0.195. The normalized spacial score (nSPS) is 21.2. The molecule has 0 aliphatic carbocycles. The van der Waals surface area contributed by atoms with Crippen LogP contribution in [-0.2, 0) is 17.8 Å². The van der Waals surface area contributed by atoms with Gasteiger partial charge in [0.25, 0.3) is 0 Å². The molecule has 13 heavy (non-hydrogen) atoms. The smallest absolute Gasteiger partial charge is 0.133 e. The third-order valence-electron chi connectivity index (χ3n) is 2.63. The molecule has 2 rings (SSSR count). The molecular formula is C9H11BrN2O. The molecule has 0 bridgehead atoms. The maximum absolute atomic E-state index is 11.2. The standard InChI is InChI=1S/C9H11BrN2O/c1-6(13)7-2-3-12-5-11-9(10)8(12)4-7/h5,7H,2-4H2,1H3. The molecule has 1 aromatic rings. The molecule has 3 nitrogen and oxygen atoms in total. The molecule has 4 heteroatoms. The largest absolute Gasteiger partial charge is 0.333 e. The number of carbonyl (C=O) groups excluding carboxylic acids is 1. The second-order valence-electron chi connectivity index (χ2n) is 3.48. The third-order valence-corrected chi connectivity index (χ3v) is 3.29. The van der Waals surface area contributed by atoms with Crippen molar-refractivity contribution in [1.82, 2.24) is 9.55 Å². The monoisotopic (exact) mass is 242 g/mol. The summed E-state index contributed by atoms with van der Waals surface area (Å²) in [6, 6.07) is 0. The van der Waals surface area contributed by atoms with Gasteiger partial charge in [0.1, 0.15) is 10.4 Å². The lowest BCUT2D eigenvalue weighted by molar-refractivity contribution is -0.121. The van der Waals surface area contributed by atoms with Crippen molar-refractivity contribution >= 4 is 21.7 Å². The van der Waals surface area contributed by atoms with Gasteiger partial charge in [-0.2, -0.15) is 0 Å². The molecule has 0 saturated carbocycles. The first kappa shape index (κ1) is 8.94. The molecule has 0 aromatic carbocycles. The number of fused-ring (bicyclic) bond motifs is 1. The van der Waals surface area contributed by atoms with E-state index in [0.29, 0.717) is 5.78 Å². The first-order chi connectivity index (χ1) is 6.18. The number of hydrogen-bond donors (Lipinski definition) is 0. The summed E-state index contributed by atoms with van der Waals surface area (Å²) in [6.45, 7) is 2.59. The van der Waals surface area contributed by atoms with Crippen LogP contribution in [0.2, 0.25) is 0 Å². The highest BCUT2D eigenvalue weighted by atomic mass is 79.9. The Kier molecular flexibility index (Phi) is 2.24. The Bertz CT molecular complexity index is 345. The van der Waals surface area contributed by atoms with E-state index in [-0.39, 0.29) is 5.92 Å². The van der Waals surface area contributed by atoms with Gasteiger partial charge < -0.3 is 4.57 Å². The van der Waals surface area contributed by atoms with Crippen LogP contribution in [-0.4, -0.2) is 15.3 Å². The average Bonchev–Trinajstić information content (AvgIpc) is 2.47. The Labute approximate surface area is 85.3 Å². The lowest BCUT2D eigenvalue weighted by Gasteiger charge is -2.21. The molecule has 0 amide bonds. The Morgan fingerprint density at radius 2 is 2.54 bits per heavy atom. The summed E-state index contributed by atoms with van der Waals surface area (Å²) in [4.78, 5) is 15.4. The maximum Gasteiger partial charge on any atom is 0.133 e. The minimum atomic E-state index is 0.195. The van der Waals surface area contributed by atoms with Crippen LogP contribution in [0.25, 0.3) is 0 Å². The highest BCUT2D eigenvalue weighted by Gasteiger charge is 2.23. The van der Waals surface area contributed by atoms with Crippen LogP contribution >= 0.6 is 15.9 Å². The van der Waals surface area contributed by atoms with E-state index in [2.05, 4.69) is 25.5 Å². The summed E-state index contributed by atoms with van der Waals surface area (Å²) in [7, 11) is 0. The highest BCUT2D eigenvalue weighted by molar-refractivity contribution is 9.10. The summed E-state index contributed by atoms with van der Waals surface area (Å²) < 4.78 is 3.00. The highest BCUT2D eigenvalue weighted by Crippen LogP contribution is 2.25.